The van der Waals surface area contributed by atoms with E-state index in [1.165, 1.54) is 32.5 Å². The molecule has 0 saturated carbocycles. The fourth-order valence-electron chi connectivity index (χ4n) is 2.71. The molecule has 0 aromatic carbocycles. The Bertz CT molecular complexity index is 178. The molecule has 0 aliphatic carbocycles. The summed E-state index contributed by atoms with van der Waals surface area (Å²) in [6.45, 7) is 12.7. The zero-order chi connectivity index (χ0) is 12.0. The predicted octanol–water partition coefficient (Wildman–Crippen LogP) is 1.53. The highest BCUT2D eigenvalue weighted by Gasteiger charge is 2.29. The summed E-state index contributed by atoms with van der Waals surface area (Å²) in [6, 6.07) is 0.953. The molecule has 3 heteroatoms. The number of likely N-dealkylation sites (N-methyl/N-ethyl adjacent to an activating group) is 1. The lowest BCUT2D eigenvalue weighted by atomic mass is 9.98. The molecule has 0 amide bonds. The van der Waals surface area contributed by atoms with Gasteiger partial charge in [-0.3, -0.25) is 4.90 Å². The van der Waals surface area contributed by atoms with Gasteiger partial charge in [0.2, 0.25) is 0 Å². The molecule has 2 N–H and O–H groups in total. The summed E-state index contributed by atoms with van der Waals surface area (Å²) >= 11 is 0. The fraction of sp³-hybridized carbons (Fsp3) is 1.00. The number of piperidine rings is 1. The minimum atomic E-state index is 0.376. The van der Waals surface area contributed by atoms with Crippen molar-refractivity contribution in [2.75, 3.05) is 32.7 Å². The van der Waals surface area contributed by atoms with Gasteiger partial charge in [-0.1, -0.05) is 20.8 Å². The van der Waals surface area contributed by atoms with Crippen LogP contribution in [0.15, 0.2) is 0 Å². The third-order valence-corrected chi connectivity index (χ3v) is 3.66. The van der Waals surface area contributed by atoms with Crippen LogP contribution in [0.25, 0.3) is 0 Å². The summed E-state index contributed by atoms with van der Waals surface area (Å²) in [5.41, 5.74) is 6.29. The van der Waals surface area contributed by atoms with E-state index in [4.69, 9.17) is 5.73 Å². The Morgan fingerprint density at radius 3 is 2.31 bits per heavy atom. The number of hydrogen-bond acceptors (Lipinski definition) is 3. The topological polar surface area (TPSA) is 32.5 Å². The van der Waals surface area contributed by atoms with Crippen LogP contribution in [0.3, 0.4) is 0 Å². The van der Waals surface area contributed by atoms with Crippen LogP contribution in [0.5, 0.6) is 0 Å². The zero-order valence-electron chi connectivity index (χ0n) is 11.3. The molecule has 1 aliphatic heterocycles. The van der Waals surface area contributed by atoms with Crippen LogP contribution in [-0.4, -0.2) is 54.6 Å². The second-order valence-electron chi connectivity index (χ2n) is 4.95. The molecule has 0 aromatic heterocycles. The van der Waals surface area contributed by atoms with Crippen LogP contribution in [0, 0.1) is 0 Å². The molecule has 2 unspecified atom stereocenters. The van der Waals surface area contributed by atoms with Gasteiger partial charge in [0, 0.05) is 18.6 Å². The molecule has 1 rings (SSSR count). The van der Waals surface area contributed by atoms with Crippen molar-refractivity contribution in [3.63, 3.8) is 0 Å². The Morgan fingerprint density at radius 2 is 1.81 bits per heavy atom. The quantitative estimate of drug-likeness (QED) is 0.747. The molecule has 3 nitrogen and oxygen atoms in total. The summed E-state index contributed by atoms with van der Waals surface area (Å²) in [7, 11) is 0. The molecule has 1 fully saturated rings. The normalized spacial score (nSPS) is 27.6. The summed E-state index contributed by atoms with van der Waals surface area (Å²) in [6.07, 6.45) is 3.62. The highest BCUT2D eigenvalue weighted by Crippen LogP contribution is 2.15. The molecule has 16 heavy (non-hydrogen) atoms. The molecule has 0 radical (unpaired) electrons. The van der Waals surface area contributed by atoms with Crippen molar-refractivity contribution in [3.8, 4) is 0 Å². The monoisotopic (exact) mass is 227 g/mol. The van der Waals surface area contributed by atoms with Crippen molar-refractivity contribution in [2.45, 2.75) is 52.1 Å². The van der Waals surface area contributed by atoms with Gasteiger partial charge in [0.25, 0.3) is 0 Å². The number of hydrogen-bond donors (Lipinski definition) is 1. The maximum Gasteiger partial charge on any atom is 0.0374 e. The van der Waals surface area contributed by atoms with Gasteiger partial charge in [-0.15, -0.1) is 0 Å². The van der Waals surface area contributed by atoms with Gasteiger partial charge in [-0.05, 0) is 45.4 Å². The van der Waals surface area contributed by atoms with E-state index in [1.54, 1.807) is 0 Å². The Morgan fingerprint density at radius 1 is 1.19 bits per heavy atom. The van der Waals surface area contributed by atoms with Crippen LogP contribution in [0.1, 0.15) is 40.0 Å². The lowest BCUT2D eigenvalue weighted by molar-refractivity contribution is 0.0841. The highest BCUT2D eigenvalue weighted by atomic mass is 15.2. The van der Waals surface area contributed by atoms with Crippen molar-refractivity contribution >= 4 is 0 Å². The summed E-state index contributed by atoms with van der Waals surface area (Å²) in [5.74, 6) is 0. The molecule has 1 aliphatic rings. The van der Waals surface area contributed by atoms with E-state index in [1.807, 2.05) is 0 Å². The third-order valence-electron chi connectivity index (χ3n) is 3.66. The number of rotatable bonds is 6. The number of nitrogens with zero attached hydrogens (tertiary/aromatic N) is 2. The molecule has 2 atom stereocenters. The van der Waals surface area contributed by atoms with E-state index in [9.17, 15) is 0 Å². The first-order valence-corrected chi connectivity index (χ1v) is 6.94. The Balaban J connectivity index is 2.56. The number of nitrogens with two attached hydrogens (primary N) is 1. The van der Waals surface area contributed by atoms with Crippen LogP contribution in [0.4, 0.5) is 0 Å². The first-order valence-electron chi connectivity index (χ1n) is 6.94. The van der Waals surface area contributed by atoms with Crippen LogP contribution < -0.4 is 5.73 Å². The van der Waals surface area contributed by atoms with Gasteiger partial charge in [-0.2, -0.15) is 0 Å². The zero-order valence-corrected chi connectivity index (χ0v) is 11.3. The third kappa shape index (κ3) is 3.72. The second kappa shape index (κ2) is 7.25. The van der Waals surface area contributed by atoms with Gasteiger partial charge in [0.15, 0.2) is 0 Å². The first kappa shape index (κ1) is 13.9. The average molecular weight is 227 g/mol. The van der Waals surface area contributed by atoms with Crippen molar-refractivity contribution < 1.29 is 0 Å². The average Bonchev–Trinajstić information content (AvgIpc) is 2.29. The van der Waals surface area contributed by atoms with Gasteiger partial charge < -0.3 is 10.6 Å². The van der Waals surface area contributed by atoms with E-state index in [-0.39, 0.29) is 0 Å². The van der Waals surface area contributed by atoms with E-state index in [0.29, 0.717) is 12.1 Å². The van der Waals surface area contributed by atoms with Crippen molar-refractivity contribution in [1.29, 1.82) is 0 Å². The Kier molecular flexibility index (Phi) is 6.32. The largest absolute Gasteiger partial charge is 0.326 e. The van der Waals surface area contributed by atoms with Gasteiger partial charge in [0.05, 0.1) is 0 Å². The molecule has 0 aromatic rings. The van der Waals surface area contributed by atoms with Crippen molar-refractivity contribution in [2.24, 2.45) is 5.73 Å². The van der Waals surface area contributed by atoms with E-state index in [0.717, 1.165) is 19.5 Å². The highest BCUT2D eigenvalue weighted by molar-refractivity contribution is 4.89. The van der Waals surface area contributed by atoms with Gasteiger partial charge >= 0.3 is 0 Å². The van der Waals surface area contributed by atoms with E-state index >= 15 is 0 Å². The molecular weight excluding hydrogens is 198 g/mol. The van der Waals surface area contributed by atoms with Gasteiger partial charge in [0.1, 0.15) is 0 Å². The Hall–Kier alpha value is -0.120. The number of likely N-dealkylation sites (tertiary alicyclic amines) is 1. The summed E-state index contributed by atoms with van der Waals surface area (Å²) in [4.78, 5) is 5.14. The summed E-state index contributed by atoms with van der Waals surface area (Å²) in [5, 5.41) is 0. The van der Waals surface area contributed by atoms with Crippen molar-refractivity contribution in [1.82, 2.24) is 9.80 Å². The van der Waals surface area contributed by atoms with Crippen LogP contribution in [0.2, 0.25) is 0 Å². The molecule has 96 valence electrons. The lowest BCUT2D eigenvalue weighted by Gasteiger charge is -2.42. The van der Waals surface area contributed by atoms with Crippen LogP contribution >= 0.6 is 0 Å². The van der Waals surface area contributed by atoms with Gasteiger partial charge in [-0.25, -0.2) is 0 Å². The predicted molar refractivity (Wildman–Crippen MR) is 70.6 cm³/mol. The first-order chi connectivity index (χ1) is 7.72. The maximum atomic E-state index is 6.29. The Labute approximate surface area is 101 Å². The SMILES string of the molecule is CCCN(CCC)C1CN(CC)CCC1N. The molecule has 1 heterocycles. The molecular formula is C13H29N3. The van der Waals surface area contributed by atoms with Crippen LogP contribution in [-0.2, 0) is 0 Å². The van der Waals surface area contributed by atoms with E-state index < -0.39 is 0 Å². The smallest absolute Gasteiger partial charge is 0.0374 e. The standard InChI is InChI=1S/C13H29N3/c1-4-8-16(9-5-2)13-11-15(6-3)10-7-12(13)14/h12-13H,4-11,14H2,1-3H3. The minimum Gasteiger partial charge on any atom is -0.326 e. The van der Waals surface area contributed by atoms with E-state index in [2.05, 4.69) is 30.6 Å². The lowest BCUT2D eigenvalue weighted by Crippen LogP contribution is -2.58. The molecule has 1 saturated heterocycles. The molecule has 0 bridgehead atoms. The maximum absolute atomic E-state index is 6.29. The molecule has 0 spiro atoms. The second-order valence-corrected chi connectivity index (χ2v) is 4.95. The van der Waals surface area contributed by atoms with Crippen molar-refractivity contribution in [3.05, 3.63) is 0 Å². The minimum absolute atomic E-state index is 0.376. The summed E-state index contributed by atoms with van der Waals surface area (Å²) < 4.78 is 0. The fourth-order valence-corrected chi connectivity index (χ4v) is 2.71.